The van der Waals surface area contributed by atoms with Crippen LogP contribution in [0.5, 0.6) is 5.75 Å². The zero-order valence-electron chi connectivity index (χ0n) is 14.3. The molecule has 0 saturated carbocycles. The molecule has 0 unspecified atom stereocenters. The van der Waals surface area contributed by atoms with Gasteiger partial charge in [-0.2, -0.15) is 0 Å². The number of nitrogens with zero attached hydrogens (tertiary/aromatic N) is 3. The number of aryl methyl sites for hydroxylation is 1. The topological polar surface area (TPSA) is 55.3 Å². The van der Waals surface area contributed by atoms with Crippen molar-refractivity contribution >= 4 is 5.91 Å². The third-order valence-electron chi connectivity index (χ3n) is 4.68. The molecule has 5 nitrogen and oxygen atoms in total. The predicted octanol–water partition coefficient (Wildman–Crippen LogP) is 2.91. The Labute approximate surface area is 146 Å². The second kappa shape index (κ2) is 7.59. The number of piperidine rings is 1. The Morgan fingerprint density at radius 1 is 1.24 bits per heavy atom. The third-order valence-corrected chi connectivity index (χ3v) is 4.68. The minimum absolute atomic E-state index is 0.0279. The Balaban J connectivity index is 1.56. The number of hydrogen-bond acceptors (Lipinski definition) is 4. The van der Waals surface area contributed by atoms with Gasteiger partial charge in [-0.1, -0.05) is 12.1 Å². The maximum atomic E-state index is 15.3. The van der Waals surface area contributed by atoms with Gasteiger partial charge in [0.2, 0.25) is 5.91 Å². The van der Waals surface area contributed by atoms with Crippen LogP contribution in [-0.4, -0.2) is 41.0 Å². The Morgan fingerprint density at radius 2 is 1.96 bits per heavy atom. The number of ether oxygens (including phenoxy) is 1. The second-order valence-electron chi connectivity index (χ2n) is 6.24. The number of amides is 1. The van der Waals surface area contributed by atoms with E-state index >= 15 is 4.39 Å². The maximum absolute atomic E-state index is 15.3. The molecule has 1 aromatic carbocycles. The first-order valence-electron chi connectivity index (χ1n) is 8.48. The molecule has 0 aliphatic carbocycles. The molecule has 2 aromatic rings. The van der Waals surface area contributed by atoms with E-state index in [0.717, 1.165) is 0 Å². The number of benzene rings is 1. The van der Waals surface area contributed by atoms with Crippen molar-refractivity contribution < 1.29 is 13.9 Å². The molecule has 0 radical (unpaired) electrons. The summed E-state index contributed by atoms with van der Waals surface area (Å²) in [6.45, 7) is 0.838. The van der Waals surface area contributed by atoms with Crippen LogP contribution in [0.4, 0.5) is 4.39 Å². The number of likely N-dealkylation sites (tertiary alicyclic amines) is 1. The van der Waals surface area contributed by atoms with Crippen LogP contribution in [0.3, 0.4) is 0 Å². The van der Waals surface area contributed by atoms with Crippen LogP contribution in [0.2, 0.25) is 0 Å². The zero-order chi connectivity index (χ0) is 17.7. The molecular weight excluding hydrogens is 321 g/mol. The lowest BCUT2D eigenvalue weighted by Gasteiger charge is -2.37. The van der Waals surface area contributed by atoms with Gasteiger partial charge >= 0.3 is 0 Å². The second-order valence-corrected chi connectivity index (χ2v) is 6.24. The van der Waals surface area contributed by atoms with Crippen molar-refractivity contribution in [3.8, 4) is 5.75 Å². The number of hydrogen-bond donors (Lipinski definition) is 0. The molecule has 1 saturated heterocycles. The molecule has 6 heteroatoms. The van der Waals surface area contributed by atoms with E-state index in [2.05, 4.69) is 9.97 Å². The summed E-state index contributed by atoms with van der Waals surface area (Å²) in [7, 11) is 1.57. The Kier molecular flexibility index (Phi) is 5.26. The van der Waals surface area contributed by atoms with Crippen LogP contribution >= 0.6 is 0 Å². The number of aromatic nitrogens is 2. The molecule has 0 spiro atoms. The Hall–Kier alpha value is -2.50. The highest BCUT2D eigenvalue weighted by atomic mass is 19.1. The standard InChI is InChI=1S/C19H22FN3O2/c1-25-16-5-2-4-15(14-16)19(20)8-12-23(13-9-19)18(24)7-6-17-21-10-3-11-22-17/h2-5,10-11,14H,6-9,12-13H2,1H3. The molecule has 1 aliphatic rings. The summed E-state index contributed by atoms with van der Waals surface area (Å²) in [6, 6.07) is 8.87. The van der Waals surface area contributed by atoms with E-state index in [1.54, 1.807) is 54.7 Å². The van der Waals surface area contributed by atoms with E-state index in [-0.39, 0.29) is 5.91 Å². The normalized spacial score (nSPS) is 16.5. The van der Waals surface area contributed by atoms with Gasteiger partial charge < -0.3 is 9.64 Å². The van der Waals surface area contributed by atoms with E-state index in [1.165, 1.54) is 0 Å². The molecule has 25 heavy (non-hydrogen) atoms. The molecule has 3 rings (SSSR count). The summed E-state index contributed by atoms with van der Waals surface area (Å²) in [4.78, 5) is 22.3. The van der Waals surface area contributed by atoms with E-state index < -0.39 is 5.67 Å². The molecule has 1 aliphatic heterocycles. The van der Waals surface area contributed by atoms with E-state index in [1.807, 2.05) is 0 Å². The van der Waals surface area contributed by atoms with Gasteiger partial charge in [-0.25, -0.2) is 14.4 Å². The van der Waals surface area contributed by atoms with Crippen molar-refractivity contribution in [2.24, 2.45) is 0 Å². The van der Waals surface area contributed by atoms with Crippen LogP contribution in [0, 0.1) is 0 Å². The maximum Gasteiger partial charge on any atom is 0.223 e. The smallest absolute Gasteiger partial charge is 0.223 e. The zero-order valence-corrected chi connectivity index (χ0v) is 14.3. The molecule has 1 amide bonds. The fourth-order valence-corrected chi connectivity index (χ4v) is 3.14. The highest BCUT2D eigenvalue weighted by Crippen LogP contribution is 2.38. The summed E-state index contributed by atoms with van der Waals surface area (Å²) in [5.74, 6) is 1.33. The van der Waals surface area contributed by atoms with Crippen LogP contribution in [0.15, 0.2) is 42.7 Å². The Bertz CT molecular complexity index is 716. The van der Waals surface area contributed by atoms with Crippen molar-refractivity contribution in [2.45, 2.75) is 31.4 Å². The van der Waals surface area contributed by atoms with E-state index in [9.17, 15) is 4.79 Å². The van der Waals surface area contributed by atoms with Gasteiger partial charge in [0.25, 0.3) is 0 Å². The molecule has 2 heterocycles. The Morgan fingerprint density at radius 3 is 2.64 bits per heavy atom. The van der Waals surface area contributed by atoms with Gasteiger partial charge in [-0.15, -0.1) is 0 Å². The highest BCUT2D eigenvalue weighted by molar-refractivity contribution is 5.76. The SMILES string of the molecule is COc1cccc(C2(F)CCN(C(=O)CCc3ncccn3)CC2)c1. The van der Waals surface area contributed by atoms with Crippen molar-refractivity contribution in [2.75, 3.05) is 20.2 Å². The summed E-state index contributed by atoms with van der Waals surface area (Å²) in [5, 5.41) is 0. The van der Waals surface area contributed by atoms with Crippen molar-refractivity contribution in [3.05, 3.63) is 54.1 Å². The number of halogens is 1. The predicted molar refractivity (Wildman–Crippen MR) is 91.9 cm³/mol. The largest absolute Gasteiger partial charge is 0.497 e. The summed E-state index contributed by atoms with van der Waals surface area (Å²) in [6.07, 6.45) is 4.79. The number of methoxy groups -OCH3 is 1. The van der Waals surface area contributed by atoms with E-state index in [4.69, 9.17) is 4.74 Å². The molecule has 1 fully saturated rings. The summed E-state index contributed by atoms with van der Waals surface area (Å²) in [5.41, 5.74) is -0.787. The first kappa shape index (κ1) is 17.3. The molecule has 1 aromatic heterocycles. The molecular formula is C19H22FN3O2. The monoisotopic (exact) mass is 343 g/mol. The lowest BCUT2D eigenvalue weighted by molar-refractivity contribution is -0.134. The highest BCUT2D eigenvalue weighted by Gasteiger charge is 2.37. The van der Waals surface area contributed by atoms with Crippen LogP contribution in [0.1, 0.15) is 30.7 Å². The fourth-order valence-electron chi connectivity index (χ4n) is 3.14. The molecule has 0 N–H and O–H groups in total. The third kappa shape index (κ3) is 4.13. The van der Waals surface area contributed by atoms with Crippen molar-refractivity contribution in [1.29, 1.82) is 0 Å². The quantitative estimate of drug-likeness (QED) is 0.838. The summed E-state index contributed by atoms with van der Waals surface area (Å²) >= 11 is 0. The number of carbonyl (C=O) groups excluding carboxylic acids is 1. The number of carbonyl (C=O) groups is 1. The van der Waals surface area contributed by atoms with Gasteiger partial charge in [-0.3, -0.25) is 4.79 Å². The minimum atomic E-state index is -1.41. The van der Waals surface area contributed by atoms with Crippen LogP contribution in [-0.2, 0) is 16.9 Å². The molecule has 0 bridgehead atoms. The van der Waals surface area contributed by atoms with Gasteiger partial charge in [0.15, 0.2) is 0 Å². The number of rotatable bonds is 5. The minimum Gasteiger partial charge on any atom is -0.497 e. The van der Waals surface area contributed by atoms with Gasteiger partial charge in [0.05, 0.1) is 7.11 Å². The van der Waals surface area contributed by atoms with Crippen molar-refractivity contribution in [3.63, 3.8) is 0 Å². The lowest BCUT2D eigenvalue weighted by atomic mass is 9.86. The van der Waals surface area contributed by atoms with Gasteiger partial charge in [0.1, 0.15) is 17.2 Å². The fraction of sp³-hybridized carbons (Fsp3) is 0.421. The summed E-state index contributed by atoms with van der Waals surface area (Å²) < 4.78 is 20.5. The van der Waals surface area contributed by atoms with Gasteiger partial charge in [0, 0.05) is 51.2 Å². The first-order valence-corrected chi connectivity index (χ1v) is 8.48. The first-order chi connectivity index (χ1) is 12.1. The van der Waals surface area contributed by atoms with Gasteiger partial charge in [-0.05, 0) is 23.8 Å². The van der Waals surface area contributed by atoms with Crippen molar-refractivity contribution in [1.82, 2.24) is 14.9 Å². The average molecular weight is 343 g/mol. The number of alkyl halides is 1. The lowest BCUT2D eigenvalue weighted by Crippen LogP contribution is -2.43. The average Bonchev–Trinajstić information content (AvgIpc) is 2.67. The van der Waals surface area contributed by atoms with E-state index in [0.29, 0.717) is 55.9 Å². The molecule has 132 valence electrons. The van der Waals surface area contributed by atoms with Crippen LogP contribution in [0.25, 0.3) is 0 Å². The van der Waals surface area contributed by atoms with Crippen LogP contribution < -0.4 is 4.74 Å². The molecule has 0 atom stereocenters.